The van der Waals surface area contributed by atoms with Crippen molar-refractivity contribution in [2.24, 2.45) is 7.05 Å². The molecule has 1 heterocycles. The molecule has 28 heavy (non-hydrogen) atoms. The molecule has 1 N–H and O–H groups in total. The number of hydrogen-bond donors (Lipinski definition) is 1. The van der Waals surface area contributed by atoms with Gasteiger partial charge < -0.3 is 9.88 Å². The first-order chi connectivity index (χ1) is 13.6. The first-order valence-electron chi connectivity index (χ1n) is 9.11. The Bertz CT molecular complexity index is 1220. The van der Waals surface area contributed by atoms with Gasteiger partial charge in [0.15, 0.2) is 0 Å². The minimum atomic E-state index is -0.408. The molecule has 0 spiro atoms. The van der Waals surface area contributed by atoms with E-state index in [1.807, 2.05) is 85.8 Å². The summed E-state index contributed by atoms with van der Waals surface area (Å²) < 4.78 is 1.53. The second-order valence-corrected chi connectivity index (χ2v) is 6.82. The fourth-order valence-corrected chi connectivity index (χ4v) is 3.44. The fourth-order valence-electron chi connectivity index (χ4n) is 3.44. The molecule has 4 aromatic rings. The van der Waals surface area contributed by atoms with E-state index in [1.165, 1.54) is 4.57 Å². The second-order valence-electron chi connectivity index (χ2n) is 6.82. The van der Waals surface area contributed by atoms with Crippen LogP contribution < -0.4 is 10.9 Å². The number of pyridine rings is 1. The summed E-state index contributed by atoms with van der Waals surface area (Å²) in [5, 5.41) is 3.74. The average Bonchev–Trinajstić information content (AvgIpc) is 2.72. The van der Waals surface area contributed by atoms with E-state index in [-0.39, 0.29) is 11.1 Å². The third-order valence-electron chi connectivity index (χ3n) is 4.90. The minimum Gasteiger partial charge on any atom is -0.322 e. The zero-order valence-electron chi connectivity index (χ0n) is 15.8. The van der Waals surface area contributed by atoms with Crippen LogP contribution in [0.3, 0.4) is 0 Å². The summed E-state index contributed by atoms with van der Waals surface area (Å²) in [6, 6.07) is 24.7. The number of fused-ring (bicyclic) bond motifs is 1. The van der Waals surface area contributed by atoms with Crippen molar-refractivity contribution in [1.82, 2.24) is 4.57 Å². The van der Waals surface area contributed by atoms with Crippen LogP contribution in [0.2, 0.25) is 0 Å². The van der Waals surface area contributed by atoms with Crippen molar-refractivity contribution >= 4 is 22.5 Å². The Morgan fingerprint density at radius 1 is 0.857 bits per heavy atom. The highest BCUT2D eigenvalue weighted by Crippen LogP contribution is 2.30. The molecule has 0 bridgehead atoms. The average molecular weight is 368 g/mol. The number of nitrogens with zero attached hydrogens (tertiary/aromatic N) is 1. The minimum absolute atomic E-state index is 0.146. The first-order valence-corrected chi connectivity index (χ1v) is 9.11. The van der Waals surface area contributed by atoms with Crippen LogP contribution in [-0.4, -0.2) is 10.5 Å². The number of aromatic nitrogens is 1. The molecule has 0 radical (unpaired) electrons. The van der Waals surface area contributed by atoms with Crippen LogP contribution in [0, 0.1) is 6.92 Å². The normalized spacial score (nSPS) is 10.8. The third kappa shape index (κ3) is 3.09. The van der Waals surface area contributed by atoms with Gasteiger partial charge in [0, 0.05) is 23.7 Å². The van der Waals surface area contributed by atoms with Crippen molar-refractivity contribution in [3.63, 3.8) is 0 Å². The Morgan fingerprint density at radius 2 is 1.50 bits per heavy atom. The van der Waals surface area contributed by atoms with E-state index in [1.54, 1.807) is 7.05 Å². The molecule has 0 saturated heterocycles. The van der Waals surface area contributed by atoms with E-state index in [4.69, 9.17) is 0 Å². The predicted molar refractivity (Wildman–Crippen MR) is 114 cm³/mol. The molecule has 4 nitrogen and oxygen atoms in total. The summed E-state index contributed by atoms with van der Waals surface area (Å²) in [7, 11) is 1.70. The number of amides is 1. The number of rotatable bonds is 3. The van der Waals surface area contributed by atoms with Crippen molar-refractivity contribution in [3.05, 3.63) is 100 Å². The van der Waals surface area contributed by atoms with Crippen molar-refractivity contribution in [3.8, 4) is 11.1 Å². The number of aryl methyl sites for hydroxylation is 2. The largest absolute Gasteiger partial charge is 0.322 e. The van der Waals surface area contributed by atoms with E-state index in [2.05, 4.69) is 5.32 Å². The molecule has 0 unspecified atom stereocenters. The van der Waals surface area contributed by atoms with E-state index < -0.39 is 5.91 Å². The molecule has 1 amide bonds. The van der Waals surface area contributed by atoms with Gasteiger partial charge in [-0.25, -0.2) is 0 Å². The predicted octanol–water partition coefficient (Wildman–Crippen LogP) is 4.77. The number of benzene rings is 3. The van der Waals surface area contributed by atoms with Gasteiger partial charge in [0.25, 0.3) is 11.5 Å². The number of carbonyl (C=O) groups excluding carboxylic acids is 1. The van der Waals surface area contributed by atoms with Gasteiger partial charge in [-0.3, -0.25) is 9.59 Å². The number of hydrogen-bond acceptors (Lipinski definition) is 2. The van der Waals surface area contributed by atoms with Gasteiger partial charge in [-0.15, -0.1) is 0 Å². The molecule has 1 aromatic heterocycles. The van der Waals surface area contributed by atoms with Crippen LogP contribution in [0.15, 0.2) is 83.7 Å². The SMILES string of the molecule is Cc1ccc(NC(=O)c2c(-c3ccccc3)c3ccccc3n(C)c2=O)cc1. The quantitative estimate of drug-likeness (QED) is 0.566. The van der Waals surface area contributed by atoms with E-state index >= 15 is 0 Å². The van der Waals surface area contributed by atoms with Crippen LogP contribution in [0.5, 0.6) is 0 Å². The topological polar surface area (TPSA) is 51.1 Å². The molecular formula is C24H20N2O2. The molecule has 4 heteroatoms. The summed E-state index contributed by atoms with van der Waals surface area (Å²) >= 11 is 0. The van der Waals surface area contributed by atoms with Crippen LogP contribution in [0.25, 0.3) is 22.0 Å². The molecule has 0 saturated carbocycles. The monoisotopic (exact) mass is 368 g/mol. The standard InChI is InChI=1S/C24H20N2O2/c1-16-12-14-18(15-13-16)25-23(27)22-21(17-8-4-3-5-9-17)19-10-6-7-11-20(19)26(2)24(22)28/h3-15H,1-2H3,(H,25,27). The summed E-state index contributed by atoms with van der Waals surface area (Å²) in [4.78, 5) is 26.4. The third-order valence-corrected chi connectivity index (χ3v) is 4.90. The van der Waals surface area contributed by atoms with Gasteiger partial charge >= 0.3 is 0 Å². The number of anilines is 1. The Labute approximate surface area is 163 Å². The lowest BCUT2D eigenvalue weighted by molar-refractivity contribution is 0.102. The van der Waals surface area contributed by atoms with Crippen LogP contribution in [-0.2, 0) is 7.05 Å². The van der Waals surface area contributed by atoms with Gasteiger partial charge in [0.05, 0.1) is 5.52 Å². The Morgan fingerprint density at radius 3 is 2.21 bits per heavy atom. The number of para-hydroxylation sites is 1. The molecule has 0 atom stereocenters. The molecular weight excluding hydrogens is 348 g/mol. The van der Waals surface area contributed by atoms with Crippen molar-refractivity contribution in [2.45, 2.75) is 6.92 Å². The van der Waals surface area contributed by atoms with Gasteiger partial charge in [0.1, 0.15) is 5.56 Å². The highest BCUT2D eigenvalue weighted by atomic mass is 16.2. The molecule has 0 aliphatic carbocycles. The highest BCUT2D eigenvalue weighted by Gasteiger charge is 2.22. The van der Waals surface area contributed by atoms with Crippen molar-refractivity contribution in [2.75, 3.05) is 5.32 Å². The zero-order valence-corrected chi connectivity index (χ0v) is 15.8. The summed E-state index contributed by atoms with van der Waals surface area (Å²) in [5.41, 5.74) is 3.87. The zero-order chi connectivity index (χ0) is 19.7. The molecule has 0 aliphatic rings. The Hall–Kier alpha value is -3.66. The maximum atomic E-state index is 13.2. The lowest BCUT2D eigenvalue weighted by Crippen LogP contribution is -2.29. The number of carbonyl (C=O) groups is 1. The van der Waals surface area contributed by atoms with Gasteiger partial charge in [-0.1, -0.05) is 66.2 Å². The number of nitrogens with one attached hydrogen (secondary N) is 1. The summed E-state index contributed by atoms with van der Waals surface area (Å²) in [5.74, 6) is -0.408. The van der Waals surface area contributed by atoms with Crippen LogP contribution >= 0.6 is 0 Å². The lowest BCUT2D eigenvalue weighted by Gasteiger charge is -2.16. The summed E-state index contributed by atoms with van der Waals surface area (Å²) in [6.07, 6.45) is 0. The maximum Gasteiger partial charge on any atom is 0.264 e. The molecule has 0 fully saturated rings. The van der Waals surface area contributed by atoms with Crippen molar-refractivity contribution in [1.29, 1.82) is 0 Å². The molecule has 4 rings (SSSR count). The first kappa shape index (κ1) is 17.7. The maximum absolute atomic E-state index is 13.2. The van der Waals surface area contributed by atoms with Gasteiger partial charge in [-0.2, -0.15) is 0 Å². The van der Waals surface area contributed by atoms with Crippen LogP contribution in [0.1, 0.15) is 15.9 Å². The smallest absolute Gasteiger partial charge is 0.264 e. The van der Waals surface area contributed by atoms with Crippen LogP contribution in [0.4, 0.5) is 5.69 Å². The van der Waals surface area contributed by atoms with E-state index in [0.29, 0.717) is 11.3 Å². The molecule has 138 valence electrons. The fraction of sp³-hybridized carbons (Fsp3) is 0.0833. The second kappa shape index (κ2) is 7.16. The Kier molecular flexibility index (Phi) is 4.53. The van der Waals surface area contributed by atoms with Crippen molar-refractivity contribution < 1.29 is 4.79 Å². The van der Waals surface area contributed by atoms with E-state index in [9.17, 15) is 9.59 Å². The Balaban J connectivity index is 1.96. The van der Waals surface area contributed by atoms with Gasteiger partial charge in [-0.05, 0) is 30.7 Å². The van der Waals surface area contributed by atoms with Gasteiger partial charge in [0.2, 0.25) is 0 Å². The summed E-state index contributed by atoms with van der Waals surface area (Å²) in [6.45, 7) is 1.98. The lowest BCUT2D eigenvalue weighted by atomic mass is 9.95. The molecule has 0 aliphatic heterocycles. The van der Waals surface area contributed by atoms with E-state index in [0.717, 1.165) is 22.0 Å². The molecule has 3 aromatic carbocycles. The highest BCUT2D eigenvalue weighted by molar-refractivity contribution is 6.13.